The second-order valence-electron chi connectivity index (χ2n) is 3.82. The molecule has 1 aromatic heterocycles. The number of benzene rings is 1. The molecule has 0 fully saturated rings. The van der Waals surface area contributed by atoms with Gasteiger partial charge in [-0.05, 0) is 29.5 Å². The number of hydrogen-bond acceptors (Lipinski definition) is 5. The molecule has 1 aromatic carbocycles. The van der Waals surface area contributed by atoms with Gasteiger partial charge in [0.15, 0.2) is 5.82 Å². The first-order chi connectivity index (χ1) is 8.63. The van der Waals surface area contributed by atoms with Crippen molar-refractivity contribution in [1.29, 1.82) is 0 Å². The van der Waals surface area contributed by atoms with Gasteiger partial charge in [-0.3, -0.25) is 0 Å². The highest BCUT2D eigenvalue weighted by Crippen LogP contribution is 2.15. The van der Waals surface area contributed by atoms with E-state index in [0.29, 0.717) is 23.0 Å². The van der Waals surface area contributed by atoms with E-state index < -0.39 is 6.10 Å². The van der Waals surface area contributed by atoms with Crippen molar-refractivity contribution in [2.24, 2.45) is 7.05 Å². The fourth-order valence-corrected chi connectivity index (χ4v) is 1.52. The van der Waals surface area contributed by atoms with Crippen LogP contribution in [-0.2, 0) is 13.5 Å². The van der Waals surface area contributed by atoms with Crippen LogP contribution in [0.3, 0.4) is 0 Å². The second-order valence-corrected chi connectivity index (χ2v) is 4.25. The smallest absolute Gasteiger partial charge is 0.177 e. The summed E-state index contributed by atoms with van der Waals surface area (Å²) in [6, 6.07) is 6.95. The first-order valence-electron chi connectivity index (χ1n) is 5.43. The van der Waals surface area contributed by atoms with E-state index in [2.05, 4.69) is 15.4 Å². The number of hydrogen-bond donors (Lipinski definition) is 1. The lowest BCUT2D eigenvalue weighted by Crippen LogP contribution is -2.21. The van der Waals surface area contributed by atoms with Gasteiger partial charge >= 0.3 is 0 Å². The van der Waals surface area contributed by atoms with Crippen molar-refractivity contribution in [2.75, 3.05) is 6.61 Å². The molecule has 1 unspecified atom stereocenters. The van der Waals surface area contributed by atoms with E-state index in [4.69, 9.17) is 16.3 Å². The fourth-order valence-electron chi connectivity index (χ4n) is 1.40. The molecule has 1 atom stereocenters. The van der Waals surface area contributed by atoms with Gasteiger partial charge in [-0.1, -0.05) is 11.6 Å². The standard InChI is InChI=1S/C11H13ClN4O2/c1-16-14-11(13-15-16)6-9(17)7-18-10-4-2-8(12)3-5-10/h2-5,9,17H,6-7H2,1H3. The third-order valence-corrected chi connectivity index (χ3v) is 2.48. The van der Waals surface area contributed by atoms with Crippen molar-refractivity contribution in [3.63, 3.8) is 0 Å². The lowest BCUT2D eigenvalue weighted by molar-refractivity contribution is 0.106. The molecule has 96 valence electrons. The van der Waals surface area contributed by atoms with Crippen molar-refractivity contribution < 1.29 is 9.84 Å². The molecule has 18 heavy (non-hydrogen) atoms. The normalized spacial score (nSPS) is 12.4. The molecule has 0 spiro atoms. The van der Waals surface area contributed by atoms with Crippen LogP contribution in [0, 0.1) is 0 Å². The molecule has 0 aliphatic heterocycles. The number of aliphatic hydroxyl groups excluding tert-OH is 1. The molecule has 2 rings (SSSR count). The van der Waals surface area contributed by atoms with Gasteiger partial charge in [0.2, 0.25) is 0 Å². The molecule has 0 saturated heterocycles. The molecular formula is C11H13ClN4O2. The third kappa shape index (κ3) is 3.68. The topological polar surface area (TPSA) is 73.1 Å². The van der Waals surface area contributed by atoms with Gasteiger partial charge in [0.1, 0.15) is 12.4 Å². The molecule has 1 N–H and O–H groups in total. The molecular weight excluding hydrogens is 256 g/mol. The Bertz CT molecular complexity index is 500. The van der Waals surface area contributed by atoms with Crippen LogP contribution in [0.1, 0.15) is 5.82 Å². The Kier molecular flexibility index (Phi) is 4.11. The summed E-state index contributed by atoms with van der Waals surface area (Å²) in [7, 11) is 1.67. The number of aryl methyl sites for hydroxylation is 1. The Morgan fingerprint density at radius 1 is 1.39 bits per heavy atom. The van der Waals surface area contributed by atoms with Gasteiger partial charge in [-0.2, -0.15) is 4.80 Å². The lowest BCUT2D eigenvalue weighted by atomic mass is 10.2. The van der Waals surface area contributed by atoms with Crippen molar-refractivity contribution in [3.05, 3.63) is 35.1 Å². The highest BCUT2D eigenvalue weighted by atomic mass is 35.5. The first kappa shape index (κ1) is 12.8. The third-order valence-electron chi connectivity index (χ3n) is 2.22. The summed E-state index contributed by atoms with van der Waals surface area (Å²) in [4.78, 5) is 1.35. The van der Waals surface area contributed by atoms with Gasteiger partial charge in [0.25, 0.3) is 0 Å². The summed E-state index contributed by atoms with van der Waals surface area (Å²) < 4.78 is 5.41. The second kappa shape index (κ2) is 5.79. The van der Waals surface area contributed by atoms with Gasteiger partial charge in [0, 0.05) is 11.4 Å². The van der Waals surface area contributed by atoms with E-state index in [0.717, 1.165) is 0 Å². The van der Waals surface area contributed by atoms with Gasteiger partial charge < -0.3 is 9.84 Å². The Morgan fingerprint density at radius 2 is 2.11 bits per heavy atom. The van der Waals surface area contributed by atoms with Gasteiger partial charge in [-0.25, -0.2) is 0 Å². The number of aromatic nitrogens is 4. The molecule has 0 saturated carbocycles. The van der Waals surface area contributed by atoms with Crippen molar-refractivity contribution in [2.45, 2.75) is 12.5 Å². The molecule has 0 amide bonds. The number of rotatable bonds is 5. The average Bonchev–Trinajstić information content (AvgIpc) is 2.74. The average molecular weight is 269 g/mol. The summed E-state index contributed by atoms with van der Waals surface area (Å²) in [5.74, 6) is 1.15. The van der Waals surface area contributed by atoms with E-state index in [1.165, 1.54) is 4.80 Å². The molecule has 1 heterocycles. The number of tetrazole rings is 1. The van der Waals surface area contributed by atoms with Crippen LogP contribution in [0.4, 0.5) is 0 Å². The Balaban J connectivity index is 1.81. The predicted molar refractivity (Wildman–Crippen MR) is 65.5 cm³/mol. The van der Waals surface area contributed by atoms with Gasteiger partial charge in [-0.15, -0.1) is 10.2 Å². The monoisotopic (exact) mass is 268 g/mol. The van der Waals surface area contributed by atoms with Crippen LogP contribution in [-0.4, -0.2) is 38.0 Å². The van der Waals surface area contributed by atoms with Crippen molar-refractivity contribution >= 4 is 11.6 Å². The summed E-state index contributed by atoms with van der Waals surface area (Å²) in [6.07, 6.45) is -0.369. The molecule has 6 nitrogen and oxygen atoms in total. The van der Waals surface area contributed by atoms with E-state index in [1.807, 2.05) is 0 Å². The number of ether oxygens (including phenoxy) is 1. The molecule has 0 aliphatic rings. The van der Waals surface area contributed by atoms with Crippen LogP contribution in [0.15, 0.2) is 24.3 Å². The minimum atomic E-state index is -0.676. The highest BCUT2D eigenvalue weighted by molar-refractivity contribution is 6.30. The zero-order valence-corrected chi connectivity index (χ0v) is 10.6. The van der Waals surface area contributed by atoms with E-state index in [-0.39, 0.29) is 6.61 Å². The minimum Gasteiger partial charge on any atom is -0.491 e. The Morgan fingerprint density at radius 3 is 2.72 bits per heavy atom. The zero-order chi connectivity index (χ0) is 13.0. The van der Waals surface area contributed by atoms with Crippen molar-refractivity contribution in [1.82, 2.24) is 20.2 Å². The summed E-state index contributed by atoms with van der Waals surface area (Å²) >= 11 is 5.75. The number of nitrogens with zero attached hydrogens (tertiary/aromatic N) is 4. The SMILES string of the molecule is Cn1nnc(CC(O)COc2ccc(Cl)cc2)n1. The van der Waals surface area contributed by atoms with Crippen LogP contribution >= 0.6 is 11.6 Å². The molecule has 0 bridgehead atoms. The van der Waals surface area contributed by atoms with Crippen LogP contribution in [0.2, 0.25) is 5.02 Å². The van der Waals surface area contributed by atoms with Crippen LogP contribution in [0.25, 0.3) is 0 Å². The Hall–Kier alpha value is -1.66. The zero-order valence-electron chi connectivity index (χ0n) is 9.82. The molecule has 0 radical (unpaired) electrons. The van der Waals surface area contributed by atoms with Gasteiger partial charge in [0.05, 0.1) is 13.2 Å². The van der Waals surface area contributed by atoms with E-state index >= 15 is 0 Å². The summed E-state index contributed by atoms with van der Waals surface area (Å²) in [6.45, 7) is 0.167. The largest absolute Gasteiger partial charge is 0.491 e. The maximum atomic E-state index is 9.76. The van der Waals surface area contributed by atoms with Crippen LogP contribution < -0.4 is 4.74 Å². The quantitative estimate of drug-likeness (QED) is 0.870. The van der Waals surface area contributed by atoms with Crippen LogP contribution in [0.5, 0.6) is 5.75 Å². The number of aliphatic hydroxyl groups is 1. The molecule has 7 heteroatoms. The number of halogens is 1. The maximum absolute atomic E-state index is 9.76. The molecule has 0 aliphatic carbocycles. The summed E-state index contributed by atoms with van der Waals surface area (Å²) in [5, 5.41) is 21.9. The van der Waals surface area contributed by atoms with E-state index in [1.54, 1.807) is 31.3 Å². The predicted octanol–water partition coefficient (Wildman–Crippen LogP) is 0.846. The lowest BCUT2D eigenvalue weighted by Gasteiger charge is -2.10. The minimum absolute atomic E-state index is 0.167. The summed E-state index contributed by atoms with van der Waals surface area (Å²) in [5.41, 5.74) is 0. The highest BCUT2D eigenvalue weighted by Gasteiger charge is 2.10. The van der Waals surface area contributed by atoms with E-state index in [9.17, 15) is 5.11 Å². The maximum Gasteiger partial charge on any atom is 0.177 e. The fraction of sp³-hybridized carbons (Fsp3) is 0.364. The first-order valence-corrected chi connectivity index (χ1v) is 5.80. The van der Waals surface area contributed by atoms with Crippen molar-refractivity contribution in [3.8, 4) is 5.75 Å². The molecule has 2 aromatic rings. The Labute approximate surface area is 109 Å².